The lowest BCUT2D eigenvalue weighted by Gasteiger charge is -2.28. The van der Waals surface area contributed by atoms with Crippen molar-refractivity contribution in [2.45, 2.75) is 26.8 Å². The van der Waals surface area contributed by atoms with Crippen molar-refractivity contribution in [2.75, 3.05) is 37.8 Å². The third-order valence-corrected chi connectivity index (χ3v) is 5.05. The van der Waals surface area contributed by atoms with Crippen molar-refractivity contribution in [1.82, 2.24) is 15.0 Å². The molecule has 0 aromatic carbocycles. The molecule has 0 unspecified atom stereocenters. The lowest BCUT2D eigenvalue weighted by atomic mass is 10.3. The Morgan fingerprint density at radius 1 is 1.16 bits per heavy atom. The molecule has 0 atom stereocenters. The number of hydrogen-bond acceptors (Lipinski definition) is 8. The van der Waals surface area contributed by atoms with Crippen LogP contribution in [-0.2, 0) is 17.7 Å². The summed E-state index contributed by atoms with van der Waals surface area (Å²) in [5.41, 5.74) is 2.11. The predicted octanol–water partition coefficient (Wildman–Crippen LogP) is 3.16. The van der Waals surface area contributed by atoms with Crippen LogP contribution in [0.2, 0.25) is 0 Å². The van der Waals surface area contributed by atoms with Crippen molar-refractivity contribution in [2.24, 2.45) is 4.99 Å². The largest absolute Gasteiger partial charge is 0.477 e. The first kappa shape index (κ1) is 21.0. The van der Waals surface area contributed by atoms with E-state index in [1.165, 1.54) is 0 Å². The minimum Gasteiger partial charge on any atom is -0.477 e. The molecular weight excluding hydrogens is 394 g/mol. The van der Waals surface area contributed by atoms with Gasteiger partial charge in [0.1, 0.15) is 17.3 Å². The number of hydrogen-bond donors (Lipinski definition) is 0. The van der Waals surface area contributed by atoms with Gasteiger partial charge in [0.25, 0.3) is 0 Å². The summed E-state index contributed by atoms with van der Waals surface area (Å²) in [6, 6.07) is 9.74. The number of anilines is 1. The molecule has 0 aliphatic carbocycles. The van der Waals surface area contributed by atoms with Crippen LogP contribution in [0.15, 0.2) is 45.9 Å². The van der Waals surface area contributed by atoms with E-state index in [1.54, 1.807) is 12.4 Å². The fraction of sp³-hybridized carbons (Fsp3) is 0.391. The molecule has 8 nitrogen and oxygen atoms in total. The van der Waals surface area contributed by atoms with Crippen LogP contribution in [0.5, 0.6) is 5.88 Å². The third-order valence-electron chi connectivity index (χ3n) is 5.05. The lowest BCUT2D eigenvalue weighted by Crippen LogP contribution is -2.37. The van der Waals surface area contributed by atoms with Crippen LogP contribution in [0.3, 0.4) is 0 Å². The fourth-order valence-corrected chi connectivity index (χ4v) is 3.27. The molecule has 0 amide bonds. The van der Waals surface area contributed by atoms with Gasteiger partial charge in [-0.3, -0.25) is 9.98 Å². The fourth-order valence-electron chi connectivity index (χ4n) is 3.27. The zero-order chi connectivity index (χ0) is 21.5. The summed E-state index contributed by atoms with van der Waals surface area (Å²) in [6.45, 7) is 7.83. The van der Waals surface area contributed by atoms with Gasteiger partial charge < -0.3 is 18.8 Å². The summed E-state index contributed by atoms with van der Waals surface area (Å²) in [4.78, 5) is 20.2. The highest BCUT2D eigenvalue weighted by Crippen LogP contribution is 2.19. The molecule has 4 heterocycles. The number of pyridine rings is 1. The van der Waals surface area contributed by atoms with Gasteiger partial charge in [-0.1, -0.05) is 6.07 Å². The molecular formula is C23H27N5O3. The number of morpholine rings is 1. The second kappa shape index (κ2) is 10.2. The second-order valence-electron chi connectivity index (χ2n) is 7.36. The van der Waals surface area contributed by atoms with Crippen LogP contribution in [0, 0.1) is 13.8 Å². The molecule has 1 aliphatic heterocycles. The Hall–Kier alpha value is -3.26. The van der Waals surface area contributed by atoms with E-state index >= 15 is 0 Å². The summed E-state index contributed by atoms with van der Waals surface area (Å²) < 4.78 is 17.1. The van der Waals surface area contributed by atoms with E-state index in [0.717, 1.165) is 41.7 Å². The quantitative estimate of drug-likeness (QED) is 0.517. The first-order valence-corrected chi connectivity index (χ1v) is 10.5. The van der Waals surface area contributed by atoms with Crippen molar-refractivity contribution < 1.29 is 13.9 Å². The number of aryl methyl sites for hydroxylation is 2. The van der Waals surface area contributed by atoms with Crippen LogP contribution >= 0.6 is 0 Å². The maximum absolute atomic E-state index is 5.94. The van der Waals surface area contributed by atoms with Gasteiger partial charge in [-0.2, -0.15) is 4.98 Å². The van der Waals surface area contributed by atoms with Crippen LogP contribution < -0.4 is 9.64 Å². The molecule has 0 saturated carbocycles. The molecule has 1 aliphatic rings. The normalized spacial score (nSPS) is 14.3. The van der Waals surface area contributed by atoms with Crippen molar-refractivity contribution in [3.8, 4) is 5.88 Å². The van der Waals surface area contributed by atoms with Gasteiger partial charge in [-0.05, 0) is 37.6 Å². The monoisotopic (exact) mass is 421 g/mol. The molecule has 0 N–H and O–H groups in total. The van der Waals surface area contributed by atoms with E-state index < -0.39 is 0 Å². The molecule has 0 radical (unpaired) electrons. The lowest BCUT2D eigenvalue weighted by molar-refractivity contribution is 0.122. The van der Waals surface area contributed by atoms with Crippen molar-refractivity contribution >= 4 is 12.0 Å². The summed E-state index contributed by atoms with van der Waals surface area (Å²) in [5.74, 6) is 3.59. The smallest absolute Gasteiger partial charge is 0.219 e. The average Bonchev–Trinajstić information content (AvgIpc) is 3.12. The summed E-state index contributed by atoms with van der Waals surface area (Å²) in [6.07, 6.45) is 4.16. The van der Waals surface area contributed by atoms with Crippen LogP contribution in [0.1, 0.15) is 28.6 Å². The molecule has 3 aromatic heterocycles. The average molecular weight is 422 g/mol. The Morgan fingerprint density at radius 2 is 2.03 bits per heavy atom. The van der Waals surface area contributed by atoms with E-state index in [1.807, 2.05) is 44.2 Å². The van der Waals surface area contributed by atoms with E-state index in [0.29, 0.717) is 44.5 Å². The first-order valence-electron chi connectivity index (χ1n) is 10.5. The summed E-state index contributed by atoms with van der Waals surface area (Å²) in [5, 5.41) is 0. The molecule has 0 bridgehead atoms. The predicted molar refractivity (Wildman–Crippen MR) is 118 cm³/mol. The Bertz CT molecular complexity index is 994. The van der Waals surface area contributed by atoms with Gasteiger partial charge in [0.15, 0.2) is 5.82 Å². The van der Waals surface area contributed by atoms with Gasteiger partial charge in [-0.25, -0.2) is 4.98 Å². The topological polar surface area (TPSA) is 85.9 Å². The minimum absolute atomic E-state index is 0.440. The molecule has 162 valence electrons. The van der Waals surface area contributed by atoms with Crippen molar-refractivity contribution in [1.29, 1.82) is 0 Å². The zero-order valence-electron chi connectivity index (χ0n) is 18.0. The van der Waals surface area contributed by atoms with Crippen LogP contribution in [-0.4, -0.2) is 54.1 Å². The SMILES string of the molecule is Cc1cc(CN=Cc2nc(OCCc3ccccn3)cc(N3CCOCC3)n2)oc1C. The molecule has 1 fully saturated rings. The number of furan rings is 1. The molecule has 4 rings (SSSR count). The highest BCUT2D eigenvalue weighted by molar-refractivity contribution is 5.75. The number of ether oxygens (including phenoxy) is 2. The van der Waals surface area contributed by atoms with Gasteiger partial charge in [0, 0.05) is 37.5 Å². The van der Waals surface area contributed by atoms with Gasteiger partial charge in [0.05, 0.1) is 32.6 Å². The second-order valence-corrected chi connectivity index (χ2v) is 7.36. The maximum atomic E-state index is 5.94. The first-order chi connectivity index (χ1) is 15.2. The molecule has 1 saturated heterocycles. The minimum atomic E-state index is 0.440. The standard InChI is InChI=1S/C23H27N5O3/c1-17-13-20(31-18(17)2)15-24-16-21-26-22(28-8-11-29-12-9-28)14-23(27-21)30-10-6-19-5-3-4-7-25-19/h3-5,7,13-14,16H,6,8-12,15H2,1-2H3. The zero-order valence-corrected chi connectivity index (χ0v) is 18.0. The Kier molecular flexibility index (Phi) is 6.89. The van der Waals surface area contributed by atoms with E-state index in [4.69, 9.17) is 13.9 Å². The molecule has 31 heavy (non-hydrogen) atoms. The summed E-state index contributed by atoms with van der Waals surface area (Å²) >= 11 is 0. The maximum Gasteiger partial charge on any atom is 0.219 e. The number of rotatable bonds is 8. The highest BCUT2D eigenvalue weighted by Gasteiger charge is 2.15. The van der Waals surface area contributed by atoms with Gasteiger partial charge in [0.2, 0.25) is 5.88 Å². The Morgan fingerprint density at radius 3 is 2.77 bits per heavy atom. The van der Waals surface area contributed by atoms with Crippen molar-refractivity contribution in [3.05, 3.63) is 65.1 Å². The van der Waals surface area contributed by atoms with E-state index in [9.17, 15) is 0 Å². The van der Waals surface area contributed by atoms with E-state index in [-0.39, 0.29) is 0 Å². The molecule has 8 heteroatoms. The van der Waals surface area contributed by atoms with Crippen LogP contribution in [0.25, 0.3) is 0 Å². The number of aliphatic imine (C=N–C) groups is 1. The van der Waals surface area contributed by atoms with Crippen molar-refractivity contribution in [3.63, 3.8) is 0 Å². The molecule has 3 aromatic rings. The Labute approximate surface area is 182 Å². The number of nitrogens with zero attached hydrogens (tertiary/aromatic N) is 5. The number of aromatic nitrogens is 3. The third kappa shape index (κ3) is 5.88. The van der Waals surface area contributed by atoms with E-state index in [2.05, 4.69) is 24.8 Å². The van der Waals surface area contributed by atoms with Gasteiger partial charge in [-0.15, -0.1) is 0 Å². The molecule has 0 spiro atoms. The Balaban J connectivity index is 1.47. The van der Waals surface area contributed by atoms with Crippen LogP contribution in [0.4, 0.5) is 5.82 Å². The highest BCUT2D eigenvalue weighted by atomic mass is 16.5. The van der Waals surface area contributed by atoms with Gasteiger partial charge >= 0.3 is 0 Å². The summed E-state index contributed by atoms with van der Waals surface area (Å²) in [7, 11) is 0.